The predicted octanol–water partition coefficient (Wildman–Crippen LogP) is 0.731. The number of unbranched alkanes of at least 4 members (excludes halogenated alkanes) is 6. The van der Waals surface area contributed by atoms with Gasteiger partial charge in [0, 0.05) is 6.66 Å². The van der Waals surface area contributed by atoms with Crippen LogP contribution in [0.4, 0.5) is 0 Å². The Labute approximate surface area is 151 Å². The number of hydrogen-bond donors (Lipinski definition) is 3. The fourth-order valence-corrected chi connectivity index (χ4v) is 2.62. The highest BCUT2D eigenvalue weighted by molar-refractivity contribution is 7.51. The molecular weight excluding hydrogens is 370 g/mol. The van der Waals surface area contributed by atoms with Gasteiger partial charge in [-0.3, -0.25) is 0 Å². The molecule has 2 unspecified atom stereocenters. The van der Waals surface area contributed by atoms with Crippen LogP contribution in [0.3, 0.4) is 0 Å². The average Bonchev–Trinajstić information content (AvgIpc) is 2.54. The van der Waals surface area contributed by atoms with E-state index >= 15 is 0 Å². The number of rotatable bonds is 15. The standard InChI is InChI=1S/C7H18NO4P.C7H18NO3P/c8-5-3-1-2-4-6-12-13(10,11)7-9;1-12(9,10)11-7-5-3-2-4-6-8/h9H,1-8H2,(H,10,11);2-8H2,1H3,(H,9,10)/p-2. The molecule has 0 bridgehead atoms. The van der Waals surface area contributed by atoms with Gasteiger partial charge in [0.2, 0.25) is 0 Å². The van der Waals surface area contributed by atoms with E-state index in [4.69, 9.17) is 16.6 Å². The summed E-state index contributed by atoms with van der Waals surface area (Å²) in [6, 6.07) is 0. The summed E-state index contributed by atoms with van der Waals surface area (Å²) in [5.74, 6) is 0. The van der Waals surface area contributed by atoms with E-state index in [1.165, 1.54) is 0 Å². The lowest BCUT2D eigenvalue weighted by Gasteiger charge is -2.19. The molecule has 0 rings (SSSR count). The average molecular weight is 404 g/mol. The van der Waals surface area contributed by atoms with Crippen molar-refractivity contribution < 1.29 is 33.1 Å². The summed E-state index contributed by atoms with van der Waals surface area (Å²) >= 11 is 0. The molecule has 0 saturated heterocycles. The topological polar surface area (TPSA) is 171 Å². The lowest BCUT2D eigenvalue weighted by atomic mass is 10.2. The smallest absolute Gasteiger partial charge is 0.160 e. The molecule has 9 nitrogen and oxygen atoms in total. The molecule has 0 aromatic rings. The SMILES string of the molecule is CP(=O)([O-])OCCCCCCN.NCCCCCCOP(=O)([O-])CO. The van der Waals surface area contributed by atoms with E-state index < -0.39 is 21.5 Å². The molecule has 0 aliphatic heterocycles. The maximum atomic E-state index is 10.6. The molecule has 2 atom stereocenters. The highest BCUT2D eigenvalue weighted by Gasteiger charge is 2.04. The van der Waals surface area contributed by atoms with Gasteiger partial charge in [-0.05, 0) is 38.8 Å². The first-order valence-electron chi connectivity index (χ1n) is 8.57. The molecule has 25 heavy (non-hydrogen) atoms. The molecule has 11 heteroatoms. The minimum Gasteiger partial charge on any atom is -0.779 e. The van der Waals surface area contributed by atoms with Crippen molar-refractivity contribution in [3.05, 3.63) is 0 Å². The van der Waals surface area contributed by atoms with Gasteiger partial charge >= 0.3 is 0 Å². The van der Waals surface area contributed by atoms with Gasteiger partial charge in [0.1, 0.15) is 13.9 Å². The molecule has 0 aromatic carbocycles. The molecule has 0 spiro atoms. The first-order valence-corrected chi connectivity index (χ1v) is 12.3. The first-order chi connectivity index (χ1) is 11.7. The van der Waals surface area contributed by atoms with Crippen LogP contribution in [0.2, 0.25) is 0 Å². The Morgan fingerprint density at radius 1 is 0.800 bits per heavy atom. The van der Waals surface area contributed by atoms with Gasteiger partial charge < -0.3 is 44.5 Å². The van der Waals surface area contributed by atoms with Crippen molar-refractivity contribution in [1.82, 2.24) is 0 Å². The molecule has 0 heterocycles. The van der Waals surface area contributed by atoms with E-state index in [9.17, 15) is 18.9 Å². The lowest BCUT2D eigenvalue weighted by Crippen LogP contribution is -2.08. The monoisotopic (exact) mass is 404 g/mol. The van der Waals surface area contributed by atoms with E-state index in [-0.39, 0.29) is 6.61 Å². The second-order valence-electron chi connectivity index (χ2n) is 5.60. The fourth-order valence-electron chi connectivity index (χ4n) is 1.67. The Morgan fingerprint density at radius 3 is 1.56 bits per heavy atom. The number of aliphatic hydroxyl groups is 1. The van der Waals surface area contributed by atoms with Gasteiger partial charge in [-0.15, -0.1) is 0 Å². The maximum absolute atomic E-state index is 10.6. The van der Waals surface area contributed by atoms with Crippen LogP contribution < -0.4 is 21.3 Å². The van der Waals surface area contributed by atoms with Gasteiger partial charge in [-0.1, -0.05) is 25.7 Å². The van der Waals surface area contributed by atoms with Gasteiger partial charge in [0.05, 0.1) is 13.2 Å². The first kappa shape index (κ1) is 27.4. The number of aliphatic hydroxyl groups excluding tert-OH is 1. The molecular formula is C14H34N2O7P2-2. The second-order valence-corrected chi connectivity index (χ2v) is 9.16. The van der Waals surface area contributed by atoms with Crippen LogP contribution >= 0.6 is 15.2 Å². The van der Waals surface area contributed by atoms with Crippen molar-refractivity contribution in [2.75, 3.05) is 39.3 Å². The van der Waals surface area contributed by atoms with E-state index in [1.807, 2.05) is 0 Å². The summed E-state index contributed by atoms with van der Waals surface area (Å²) in [4.78, 5) is 21.1. The highest BCUT2D eigenvalue weighted by Crippen LogP contribution is 2.35. The number of hydrogen-bond acceptors (Lipinski definition) is 9. The van der Waals surface area contributed by atoms with Crippen molar-refractivity contribution in [3.63, 3.8) is 0 Å². The predicted molar refractivity (Wildman–Crippen MR) is 95.2 cm³/mol. The Morgan fingerprint density at radius 2 is 1.20 bits per heavy atom. The minimum absolute atomic E-state index is 0.159. The normalized spacial score (nSPS) is 15.8. The van der Waals surface area contributed by atoms with Crippen molar-refractivity contribution in [2.45, 2.75) is 51.4 Å². The summed E-state index contributed by atoms with van der Waals surface area (Å²) < 4.78 is 30.2. The van der Waals surface area contributed by atoms with Gasteiger partial charge in [0.25, 0.3) is 0 Å². The molecule has 0 aliphatic rings. The molecule has 0 amide bonds. The Balaban J connectivity index is 0. The summed E-state index contributed by atoms with van der Waals surface area (Å²) in [6.45, 7) is 2.92. The Hall–Kier alpha value is 0.180. The third-order valence-electron chi connectivity index (χ3n) is 2.98. The van der Waals surface area contributed by atoms with Crippen LogP contribution in [0.25, 0.3) is 0 Å². The lowest BCUT2D eigenvalue weighted by molar-refractivity contribution is -0.202. The summed E-state index contributed by atoms with van der Waals surface area (Å²) in [5, 5.41) is 8.32. The number of nitrogens with two attached hydrogens (primary N) is 2. The molecule has 0 radical (unpaired) electrons. The summed E-state index contributed by atoms with van der Waals surface area (Å²) in [6.07, 6.45) is 6.44. The third-order valence-corrected chi connectivity index (χ3v) is 4.56. The van der Waals surface area contributed by atoms with Gasteiger partial charge in [0.15, 0.2) is 7.60 Å². The summed E-state index contributed by atoms with van der Waals surface area (Å²) in [7, 11) is -7.44. The van der Waals surface area contributed by atoms with E-state index in [0.29, 0.717) is 26.1 Å². The zero-order valence-electron chi connectivity index (χ0n) is 15.1. The molecule has 0 aliphatic carbocycles. The molecule has 0 saturated carbocycles. The second kappa shape index (κ2) is 17.6. The van der Waals surface area contributed by atoms with Crippen molar-refractivity contribution in [2.24, 2.45) is 11.5 Å². The van der Waals surface area contributed by atoms with E-state index in [2.05, 4.69) is 9.05 Å². The van der Waals surface area contributed by atoms with Crippen LogP contribution in [0.15, 0.2) is 0 Å². The zero-order chi connectivity index (χ0) is 19.6. The van der Waals surface area contributed by atoms with E-state index in [1.54, 1.807) is 0 Å². The molecule has 154 valence electrons. The summed E-state index contributed by atoms with van der Waals surface area (Å²) in [5.41, 5.74) is 10.6. The third kappa shape index (κ3) is 26.5. The largest absolute Gasteiger partial charge is 0.779 e. The fraction of sp³-hybridized carbons (Fsp3) is 1.00. The van der Waals surface area contributed by atoms with Crippen molar-refractivity contribution in [1.29, 1.82) is 0 Å². The quantitative estimate of drug-likeness (QED) is 0.263. The zero-order valence-corrected chi connectivity index (χ0v) is 16.9. The maximum Gasteiger partial charge on any atom is 0.160 e. The van der Waals surface area contributed by atoms with Crippen LogP contribution in [-0.2, 0) is 18.2 Å². The highest BCUT2D eigenvalue weighted by atomic mass is 31.2. The van der Waals surface area contributed by atoms with Crippen LogP contribution in [-0.4, -0.2) is 44.4 Å². The Kier molecular flexibility index (Phi) is 19.3. The van der Waals surface area contributed by atoms with Gasteiger partial charge in [-0.2, -0.15) is 0 Å². The molecule has 0 aromatic heterocycles. The van der Waals surface area contributed by atoms with Crippen LogP contribution in [0, 0.1) is 0 Å². The van der Waals surface area contributed by atoms with Crippen LogP contribution in [0.1, 0.15) is 51.4 Å². The molecule has 0 fully saturated rings. The molecule has 5 N–H and O–H groups in total. The Bertz CT molecular complexity index is 380. The van der Waals surface area contributed by atoms with Crippen molar-refractivity contribution in [3.8, 4) is 0 Å². The van der Waals surface area contributed by atoms with Crippen LogP contribution in [0.5, 0.6) is 0 Å². The van der Waals surface area contributed by atoms with Crippen molar-refractivity contribution >= 4 is 15.2 Å². The van der Waals surface area contributed by atoms with E-state index in [0.717, 1.165) is 51.6 Å². The van der Waals surface area contributed by atoms with Gasteiger partial charge in [-0.25, -0.2) is 0 Å². The minimum atomic E-state index is -3.95.